The second-order valence-corrected chi connectivity index (χ2v) is 9.40. The van der Waals surface area contributed by atoms with Crippen molar-refractivity contribution in [3.05, 3.63) is 100 Å². The van der Waals surface area contributed by atoms with Gasteiger partial charge in [-0.15, -0.1) is 13.2 Å². The molecular weight excluding hydrogens is 554 g/mol. The van der Waals surface area contributed by atoms with Gasteiger partial charge in [-0.2, -0.15) is 13.2 Å². The van der Waals surface area contributed by atoms with Crippen molar-refractivity contribution in [3.8, 4) is 5.75 Å². The predicted molar refractivity (Wildman–Crippen MR) is 137 cm³/mol. The van der Waals surface area contributed by atoms with Gasteiger partial charge >= 0.3 is 18.6 Å². The number of para-hydroxylation sites is 2. The first-order valence-corrected chi connectivity index (χ1v) is 12.4. The fourth-order valence-electron chi connectivity index (χ4n) is 5.07. The molecule has 2 atom stereocenters. The number of alkyl halides is 6. The van der Waals surface area contributed by atoms with E-state index in [1.165, 1.54) is 29.2 Å². The van der Waals surface area contributed by atoms with Crippen LogP contribution in [0.25, 0.3) is 10.9 Å². The first-order chi connectivity index (χ1) is 19.3. The van der Waals surface area contributed by atoms with Gasteiger partial charge in [0.25, 0.3) is 5.56 Å². The summed E-state index contributed by atoms with van der Waals surface area (Å²) in [6.07, 6.45) is -9.67. The fourth-order valence-corrected chi connectivity index (χ4v) is 5.07. The SMILES string of the molecule is C[C@@H](c1ccccc1)N(C(=O)Nc1ccccc1OC(F)(F)F)[C@H]1CCn2c1nc1cccc(C(F)(F)F)c1c2=O. The number of halogens is 6. The lowest BCUT2D eigenvalue weighted by Gasteiger charge is -2.34. The number of nitrogens with one attached hydrogen (secondary N) is 1. The number of urea groups is 1. The highest BCUT2D eigenvalue weighted by Crippen LogP contribution is 2.39. The fraction of sp³-hybridized carbons (Fsp3) is 0.250. The Morgan fingerprint density at radius 3 is 2.37 bits per heavy atom. The summed E-state index contributed by atoms with van der Waals surface area (Å²) in [5, 5.41) is 1.90. The molecule has 0 fully saturated rings. The molecule has 214 valence electrons. The standard InChI is InChI=1S/C28H22F6N4O3/c1-16(17-8-3-2-4-9-17)38(26(40)36-19-11-5-6-13-22(19)41-28(32,33)34)21-14-15-37-24(21)35-20-12-7-10-18(27(29,30)31)23(20)25(37)39/h2-13,16,21H,14-15H2,1H3,(H,36,40)/t16-,21-/m0/s1. The molecule has 13 heteroatoms. The molecule has 0 saturated heterocycles. The molecule has 2 heterocycles. The lowest BCUT2D eigenvalue weighted by atomic mass is 10.0. The van der Waals surface area contributed by atoms with E-state index in [0.29, 0.717) is 5.56 Å². The number of nitrogens with zero attached hydrogens (tertiary/aromatic N) is 3. The highest BCUT2D eigenvalue weighted by Gasteiger charge is 2.40. The average molecular weight is 576 g/mol. The minimum atomic E-state index is -5.01. The second-order valence-electron chi connectivity index (χ2n) is 9.40. The van der Waals surface area contributed by atoms with Crippen molar-refractivity contribution in [1.29, 1.82) is 0 Å². The van der Waals surface area contributed by atoms with Crippen LogP contribution in [0.5, 0.6) is 5.75 Å². The van der Waals surface area contributed by atoms with Crippen molar-refractivity contribution in [1.82, 2.24) is 14.5 Å². The van der Waals surface area contributed by atoms with Gasteiger partial charge in [0.05, 0.1) is 34.2 Å². The van der Waals surface area contributed by atoms with E-state index in [9.17, 15) is 35.9 Å². The molecule has 0 aliphatic carbocycles. The van der Waals surface area contributed by atoms with E-state index in [4.69, 9.17) is 0 Å². The summed E-state index contributed by atoms with van der Waals surface area (Å²) in [7, 11) is 0. The summed E-state index contributed by atoms with van der Waals surface area (Å²) in [5.74, 6) is -0.563. The van der Waals surface area contributed by atoms with Gasteiger partial charge in [-0.1, -0.05) is 48.5 Å². The molecule has 7 nitrogen and oxygen atoms in total. The second kappa shape index (κ2) is 10.5. The molecule has 41 heavy (non-hydrogen) atoms. The Kier molecular flexibility index (Phi) is 7.14. The molecule has 2 amide bonds. The molecule has 1 aliphatic heterocycles. The van der Waals surface area contributed by atoms with E-state index in [1.807, 2.05) is 0 Å². The number of carbonyl (C=O) groups is 1. The number of ether oxygens (including phenoxy) is 1. The van der Waals surface area contributed by atoms with Crippen molar-refractivity contribution in [3.63, 3.8) is 0 Å². The van der Waals surface area contributed by atoms with Crippen LogP contribution in [-0.4, -0.2) is 26.8 Å². The average Bonchev–Trinajstić information content (AvgIpc) is 3.32. The third-order valence-electron chi connectivity index (χ3n) is 6.87. The first-order valence-electron chi connectivity index (χ1n) is 12.4. The Hall–Kier alpha value is -4.55. The third-order valence-corrected chi connectivity index (χ3v) is 6.87. The number of hydrogen-bond donors (Lipinski definition) is 1. The van der Waals surface area contributed by atoms with Gasteiger partial charge in [0.15, 0.2) is 5.75 Å². The van der Waals surface area contributed by atoms with E-state index in [2.05, 4.69) is 15.0 Å². The van der Waals surface area contributed by atoms with Crippen molar-refractivity contribution in [2.75, 3.05) is 5.32 Å². The van der Waals surface area contributed by atoms with Gasteiger partial charge < -0.3 is 15.0 Å². The quantitative estimate of drug-likeness (QED) is 0.258. The molecule has 0 unspecified atom stereocenters. The number of aromatic nitrogens is 2. The number of rotatable bonds is 5. The largest absolute Gasteiger partial charge is 0.573 e. The van der Waals surface area contributed by atoms with Gasteiger partial charge in [0.1, 0.15) is 5.82 Å². The number of carbonyl (C=O) groups excluding carboxylic acids is 1. The molecule has 1 aromatic heterocycles. The number of amides is 2. The van der Waals surface area contributed by atoms with E-state index in [0.717, 1.165) is 22.8 Å². The van der Waals surface area contributed by atoms with Crippen LogP contribution < -0.4 is 15.6 Å². The van der Waals surface area contributed by atoms with Crippen LogP contribution in [0, 0.1) is 0 Å². The third kappa shape index (κ3) is 5.56. The topological polar surface area (TPSA) is 76.5 Å². The number of hydrogen-bond acceptors (Lipinski definition) is 4. The van der Waals surface area contributed by atoms with E-state index in [1.54, 1.807) is 37.3 Å². The van der Waals surface area contributed by atoms with Crippen LogP contribution in [0.15, 0.2) is 77.6 Å². The Morgan fingerprint density at radius 1 is 1.00 bits per heavy atom. The Morgan fingerprint density at radius 2 is 1.68 bits per heavy atom. The number of anilines is 1. The Labute approximate surface area is 229 Å². The minimum Gasteiger partial charge on any atom is -0.404 e. The molecule has 1 N–H and O–H groups in total. The summed E-state index contributed by atoms with van der Waals surface area (Å²) in [6, 6.07) is 14.6. The zero-order chi connectivity index (χ0) is 29.5. The van der Waals surface area contributed by atoms with Crippen LogP contribution in [0.1, 0.15) is 42.4 Å². The first kappa shape index (κ1) is 28.0. The van der Waals surface area contributed by atoms with Gasteiger partial charge in [-0.3, -0.25) is 9.36 Å². The Balaban J connectivity index is 1.60. The predicted octanol–water partition coefficient (Wildman–Crippen LogP) is 7.05. The molecule has 5 rings (SSSR count). The number of fused-ring (bicyclic) bond motifs is 2. The summed E-state index contributed by atoms with van der Waals surface area (Å²) in [4.78, 5) is 32.8. The van der Waals surface area contributed by atoms with E-state index >= 15 is 0 Å². The highest BCUT2D eigenvalue weighted by atomic mass is 19.4. The normalized spacial score (nSPS) is 15.8. The molecule has 0 bridgehead atoms. The van der Waals surface area contributed by atoms with Crippen LogP contribution >= 0.6 is 0 Å². The van der Waals surface area contributed by atoms with Crippen molar-refractivity contribution in [2.45, 2.75) is 44.5 Å². The molecule has 4 aromatic rings. The Bertz CT molecular complexity index is 1650. The number of benzene rings is 3. The summed E-state index contributed by atoms with van der Waals surface area (Å²) in [6.45, 7) is 1.67. The zero-order valence-corrected chi connectivity index (χ0v) is 21.3. The van der Waals surface area contributed by atoms with Crippen molar-refractivity contribution in [2.24, 2.45) is 0 Å². The van der Waals surface area contributed by atoms with Gasteiger partial charge in [-0.25, -0.2) is 9.78 Å². The van der Waals surface area contributed by atoms with Crippen molar-refractivity contribution < 1.29 is 35.9 Å². The van der Waals surface area contributed by atoms with Crippen LogP contribution in [0.2, 0.25) is 0 Å². The summed E-state index contributed by atoms with van der Waals surface area (Å²) >= 11 is 0. The van der Waals surface area contributed by atoms with E-state index in [-0.39, 0.29) is 30.0 Å². The van der Waals surface area contributed by atoms with Gasteiger partial charge in [-0.05, 0) is 43.2 Å². The molecule has 1 aliphatic rings. The van der Waals surface area contributed by atoms with E-state index < -0.39 is 52.9 Å². The maximum absolute atomic E-state index is 13.8. The smallest absolute Gasteiger partial charge is 0.404 e. The monoisotopic (exact) mass is 576 g/mol. The maximum Gasteiger partial charge on any atom is 0.573 e. The summed E-state index contributed by atoms with van der Waals surface area (Å²) in [5.41, 5.74) is -1.77. The zero-order valence-electron chi connectivity index (χ0n) is 21.3. The van der Waals surface area contributed by atoms with Gasteiger partial charge in [0, 0.05) is 6.54 Å². The lowest BCUT2D eigenvalue weighted by Crippen LogP contribution is -2.40. The lowest BCUT2D eigenvalue weighted by molar-refractivity contribution is -0.274. The molecule has 0 saturated carbocycles. The minimum absolute atomic E-state index is 0.0208. The van der Waals surface area contributed by atoms with Crippen LogP contribution in [-0.2, 0) is 12.7 Å². The molecule has 3 aromatic carbocycles. The summed E-state index contributed by atoms with van der Waals surface area (Å²) < 4.78 is 85.2. The van der Waals surface area contributed by atoms with Crippen LogP contribution in [0.3, 0.4) is 0 Å². The van der Waals surface area contributed by atoms with Crippen molar-refractivity contribution >= 4 is 22.6 Å². The van der Waals surface area contributed by atoms with Crippen LogP contribution in [0.4, 0.5) is 36.8 Å². The van der Waals surface area contributed by atoms with Gasteiger partial charge in [0.2, 0.25) is 0 Å². The highest BCUT2D eigenvalue weighted by molar-refractivity contribution is 5.91. The molecular formula is C28H22F6N4O3. The molecule has 0 spiro atoms. The molecule has 0 radical (unpaired) electrons. The maximum atomic E-state index is 13.8.